The van der Waals surface area contributed by atoms with Crippen LogP contribution >= 0.6 is 23.8 Å². The highest BCUT2D eigenvalue weighted by atomic mass is 35.5. The summed E-state index contributed by atoms with van der Waals surface area (Å²) in [6.07, 6.45) is 0. The molecule has 0 fully saturated rings. The molecule has 24 heavy (non-hydrogen) atoms. The number of nitrogens with zero attached hydrogens (tertiary/aromatic N) is 2. The molecule has 1 N–H and O–H groups in total. The van der Waals surface area contributed by atoms with Crippen LogP contribution < -0.4 is 10.2 Å². The van der Waals surface area contributed by atoms with Crippen molar-refractivity contribution in [1.82, 2.24) is 5.32 Å². The Balaban J connectivity index is 2.18. The van der Waals surface area contributed by atoms with Crippen molar-refractivity contribution in [2.45, 2.75) is 6.92 Å². The predicted molar refractivity (Wildman–Crippen MR) is 97.6 cm³/mol. The number of nitro groups is 1. The number of anilines is 1. The van der Waals surface area contributed by atoms with Gasteiger partial charge in [0.15, 0.2) is 5.11 Å². The van der Waals surface area contributed by atoms with E-state index in [1.54, 1.807) is 4.90 Å². The maximum Gasteiger partial charge on any atom is 0.288 e. The number of hydrogen-bond donors (Lipinski definition) is 1. The van der Waals surface area contributed by atoms with Crippen LogP contribution in [-0.4, -0.2) is 22.5 Å². The van der Waals surface area contributed by atoms with Gasteiger partial charge >= 0.3 is 0 Å². The number of rotatable bonds is 4. The highest BCUT2D eigenvalue weighted by Gasteiger charge is 2.18. The summed E-state index contributed by atoms with van der Waals surface area (Å²) in [6.45, 7) is 2.46. The van der Waals surface area contributed by atoms with Crippen molar-refractivity contribution in [2.75, 3.05) is 11.4 Å². The second kappa shape index (κ2) is 7.85. The van der Waals surface area contributed by atoms with Crippen molar-refractivity contribution in [3.05, 3.63) is 69.2 Å². The maximum absolute atomic E-state index is 12.3. The summed E-state index contributed by atoms with van der Waals surface area (Å²) in [5.41, 5.74) is 0.621. The Morgan fingerprint density at radius 2 is 1.96 bits per heavy atom. The molecular formula is C16H14ClN3O3S. The van der Waals surface area contributed by atoms with Crippen LogP contribution in [0.15, 0.2) is 48.5 Å². The van der Waals surface area contributed by atoms with E-state index in [0.29, 0.717) is 6.54 Å². The second-order valence-electron chi connectivity index (χ2n) is 4.76. The molecule has 0 bridgehead atoms. The molecular weight excluding hydrogens is 350 g/mol. The third-order valence-corrected chi connectivity index (χ3v) is 3.90. The van der Waals surface area contributed by atoms with Gasteiger partial charge in [0.1, 0.15) is 5.02 Å². The Morgan fingerprint density at radius 1 is 1.29 bits per heavy atom. The Bertz CT molecular complexity index is 783. The highest BCUT2D eigenvalue weighted by Crippen LogP contribution is 2.25. The topological polar surface area (TPSA) is 75.5 Å². The van der Waals surface area contributed by atoms with Crippen molar-refractivity contribution in [2.24, 2.45) is 0 Å². The monoisotopic (exact) mass is 363 g/mol. The van der Waals surface area contributed by atoms with E-state index >= 15 is 0 Å². The largest absolute Gasteiger partial charge is 0.319 e. The van der Waals surface area contributed by atoms with Gasteiger partial charge in [0, 0.05) is 23.9 Å². The summed E-state index contributed by atoms with van der Waals surface area (Å²) in [4.78, 5) is 24.3. The van der Waals surface area contributed by atoms with Crippen LogP contribution in [0.4, 0.5) is 11.4 Å². The molecule has 0 atom stereocenters. The van der Waals surface area contributed by atoms with E-state index < -0.39 is 10.8 Å². The zero-order valence-electron chi connectivity index (χ0n) is 12.7. The van der Waals surface area contributed by atoms with Gasteiger partial charge in [-0.2, -0.15) is 0 Å². The van der Waals surface area contributed by atoms with E-state index in [-0.39, 0.29) is 21.4 Å². The minimum Gasteiger partial charge on any atom is -0.319 e. The smallest absolute Gasteiger partial charge is 0.288 e. The molecule has 0 saturated heterocycles. The lowest BCUT2D eigenvalue weighted by molar-refractivity contribution is -0.384. The molecule has 0 radical (unpaired) electrons. The summed E-state index contributed by atoms with van der Waals surface area (Å²) in [5.74, 6) is -0.533. The van der Waals surface area contributed by atoms with Crippen molar-refractivity contribution in [1.29, 1.82) is 0 Å². The van der Waals surface area contributed by atoms with Crippen LogP contribution in [-0.2, 0) is 0 Å². The predicted octanol–water partition coefficient (Wildman–Crippen LogP) is 3.79. The average Bonchev–Trinajstić information content (AvgIpc) is 2.56. The lowest BCUT2D eigenvalue weighted by Crippen LogP contribution is -2.42. The lowest BCUT2D eigenvalue weighted by Gasteiger charge is -2.23. The molecule has 2 rings (SSSR count). The molecule has 124 valence electrons. The van der Waals surface area contributed by atoms with E-state index in [4.69, 9.17) is 23.8 Å². The van der Waals surface area contributed by atoms with Gasteiger partial charge in [-0.15, -0.1) is 0 Å². The fourth-order valence-corrected chi connectivity index (χ4v) is 2.60. The van der Waals surface area contributed by atoms with E-state index in [2.05, 4.69) is 5.32 Å². The van der Waals surface area contributed by atoms with Crippen LogP contribution in [0.1, 0.15) is 17.3 Å². The van der Waals surface area contributed by atoms with Gasteiger partial charge in [0.25, 0.3) is 11.6 Å². The molecule has 6 nitrogen and oxygen atoms in total. The molecule has 2 aromatic carbocycles. The first-order chi connectivity index (χ1) is 11.4. The number of halogens is 1. The Hall–Kier alpha value is -2.51. The Morgan fingerprint density at radius 3 is 2.54 bits per heavy atom. The van der Waals surface area contributed by atoms with Crippen molar-refractivity contribution in [3.63, 3.8) is 0 Å². The molecule has 1 amide bonds. The fourth-order valence-electron chi connectivity index (χ4n) is 2.08. The minimum absolute atomic E-state index is 0.0291. The highest BCUT2D eigenvalue weighted by molar-refractivity contribution is 7.80. The summed E-state index contributed by atoms with van der Waals surface area (Å²) in [6, 6.07) is 13.2. The maximum atomic E-state index is 12.3. The van der Waals surface area contributed by atoms with Crippen molar-refractivity contribution < 1.29 is 9.72 Å². The molecule has 0 aromatic heterocycles. The molecule has 0 spiro atoms. The van der Waals surface area contributed by atoms with Crippen molar-refractivity contribution >= 4 is 46.2 Å². The van der Waals surface area contributed by atoms with Crippen LogP contribution in [0.25, 0.3) is 0 Å². The third kappa shape index (κ3) is 4.06. The third-order valence-electron chi connectivity index (χ3n) is 3.25. The van der Waals surface area contributed by atoms with Gasteiger partial charge in [0.05, 0.1) is 4.92 Å². The first-order valence-electron chi connectivity index (χ1n) is 7.06. The van der Waals surface area contributed by atoms with Crippen LogP contribution in [0.2, 0.25) is 5.02 Å². The van der Waals surface area contributed by atoms with E-state index in [0.717, 1.165) is 11.8 Å². The van der Waals surface area contributed by atoms with Gasteiger partial charge < -0.3 is 4.90 Å². The number of nitro benzene ring substituents is 1. The second-order valence-corrected chi connectivity index (χ2v) is 5.56. The van der Waals surface area contributed by atoms with Crippen LogP contribution in [0.5, 0.6) is 0 Å². The van der Waals surface area contributed by atoms with E-state index in [9.17, 15) is 14.9 Å². The number of thiocarbonyl (C=S) groups is 1. The van der Waals surface area contributed by atoms with Gasteiger partial charge in [-0.25, -0.2) is 0 Å². The first-order valence-corrected chi connectivity index (χ1v) is 7.84. The standard InChI is InChI=1S/C16H14ClN3O3S/c1-2-19(12-6-4-3-5-7-12)16(24)18-15(21)11-8-9-13(17)14(10-11)20(22)23/h3-10H,2H2,1H3,(H,18,21,24). The first kappa shape index (κ1) is 17.8. The number of nitrogens with one attached hydrogen (secondary N) is 1. The molecule has 0 saturated carbocycles. The van der Waals surface area contributed by atoms with E-state index in [1.807, 2.05) is 37.3 Å². The zero-order chi connectivity index (χ0) is 17.7. The van der Waals surface area contributed by atoms with Gasteiger partial charge in [-0.1, -0.05) is 29.8 Å². The zero-order valence-corrected chi connectivity index (χ0v) is 14.3. The van der Waals surface area contributed by atoms with Gasteiger partial charge in [-0.3, -0.25) is 20.2 Å². The summed E-state index contributed by atoms with van der Waals surface area (Å²) >= 11 is 11.0. The summed E-state index contributed by atoms with van der Waals surface area (Å²) in [7, 11) is 0. The number of hydrogen-bond acceptors (Lipinski definition) is 4. The molecule has 0 unspecified atom stereocenters. The molecule has 0 aliphatic carbocycles. The van der Waals surface area contributed by atoms with Crippen LogP contribution in [0.3, 0.4) is 0 Å². The number of amides is 1. The number of benzene rings is 2. The number of carbonyl (C=O) groups is 1. The molecule has 0 aliphatic rings. The van der Waals surface area contributed by atoms with Crippen molar-refractivity contribution in [3.8, 4) is 0 Å². The molecule has 0 aliphatic heterocycles. The van der Waals surface area contributed by atoms with E-state index in [1.165, 1.54) is 12.1 Å². The van der Waals surface area contributed by atoms with Crippen LogP contribution in [0, 0.1) is 10.1 Å². The molecule has 2 aromatic rings. The summed E-state index contributed by atoms with van der Waals surface area (Å²) < 4.78 is 0. The SMILES string of the molecule is CCN(C(=S)NC(=O)c1ccc(Cl)c([N+](=O)[O-])c1)c1ccccc1. The quantitative estimate of drug-likeness (QED) is 0.508. The normalized spacial score (nSPS) is 10.1. The summed E-state index contributed by atoms with van der Waals surface area (Å²) in [5, 5.41) is 13.7. The average molecular weight is 364 g/mol. The number of para-hydroxylation sites is 1. The van der Waals surface area contributed by atoms with Gasteiger partial charge in [-0.05, 0) is 43.4 Å². The van der Waals surface area contributed by atoms with Gasteiger partial charge in [0.2, 0.25) is 0 Å². The lowest BCUT2D eigenvalue weighted by atomic mass is 10.2. The fraction of sp³-hybridized carbons (Fsp3) is 0.125. The molecule has 8 heteroatoms. The Labute approximate surface area is 149 Å². The molecule has 0 heterocycles. The minimum atomic E-state index is -0.639. The Kier molecular flexibility index (Phi) is 5.83. The number of carbonyl (C=O) groups excluding carboxylic acids is 1.